The highest BCUT2D eigenvalue weighted by Gasteiger charge is 2.28. The Bertz CT molecular complexity index is 930. The van der Waals surface area contributed by atoms with Crippen LogP contribution in [0.5, 0.6) is 0 Å². The molecule has 1 heterocycles. The summed E-state index contributed by atoms with van der Waals surface area (Å²) in [5.41, 5.74) is 2.29. The van der Waals surface area contributed by atoms with Crippen LogP contribution in [0.2, 0.25) is 5.02 Å². The minimum atomic E-state index is -3.52. The predicted octanol–water partition coefficient (Wildman–Crippen LogP) is 3.03. The fourth-order valence-electron chi connectivity index (χ4n) is 2.89. The number of hydrogen-bond acceptors (Lipinski definition) is 4. The lowest BCUT2D eigenvalue weighted by atomic mass is 10.2. The van der Waals surface area contributed by atoms with Gasteiger partial charge in [0.1, 0.15) is 0 Å². The maximum Gasteiger partial charge on any atom is 0.243 e. The molecule has 1 aliphatic heterocycles. The highest BCUT2D eigenvalue weighted by molar-refractivity contribution is 7.89. The van der Waals surface area contributed by atoms with Gasteiger partial charge in [0.25, 0.3) is 0 Å². The molecule has 0 N–H and O–H groups in total. The van der Waals surface area contributed by atoms with E-state index >= 15 is 0 Å². The molecular formula is C18H18ClN3O2S. The summed E-state index contributed by atoms with van der Waals surface area (Å²) in [6.45, 7) is 3.77. The van der Waals surface area contributed by atoms with Gasteiger partial charge in [0.15, 0.2) is 0 Å². The summed E-state index contributed by atoms with van der Waals surface area (Å²) in [7, 11) is -3.52. The average molecular weight is 376 g/mol. The number of benzene rings is 2. The monoisotopic (exact) mass is 375 g/mol. The third-order valence-corrected chi connectivity index (χ3v) is 6.66. The fraction of sp³-hybridized carbons (Fsp3) is 0.278. The van der Waals surface area contributed by atoms with Gasteiger partial charge in [-0.15, -0.1) is 0 Å². The third kappa shape index (κ3) is 3.64. The van der Waals surface area contributed by atoms with Crippen LogP contribution in [0.15, 0.2) is 47.4 Å². The molecule has 1 saturated heterocycles. The van der Waals surface area contributed by atoms with Gasteiger partial charge in [0.2, 0.25) is 10.0 Å². The molecule has 0 unspecified atom stereocenters. The highest BCUT2D eigenvalue weighted by atomic mass is 35.5. The minimum absolute atomic E-state index is 0.273. The van der Waals surface area contributed by atoms with Crippen molar-refractivity contribution in [1.82, 2.24) is 4.31 Å². The van der Waals surface area contributed by atoms with E-state index in [1.807, 2.05) is 18.2 Å². The van der Waals surface area contributed by atoms with E-state index in [0.29, 0.717) is 36.8 Å². The Morgan fingerprint density at radius 3 is 2.44 bits per heavy atom. The van der Waals surface area contributed by atoms with Crippen LogP contribution in [0.3, 0.4) is 0 Å². The Balaban J connectivity index is 1.75. The zero-order chi connectivity index (χ0) is 18.0. The van der Waals surface area contributed by atoms with E-state index in [-0.39, 0.29) is 4.90 Å². The van der Waals surface area contributed by atoms with Gasteiger partial charge in [0.05, 0.1) is 16.5 Å². The number of aryl methyl sites for hydroxylation is 1. The molecule has 0 aliphatic carbocycles. The van der Waals surface area contributed by atoms with Crippen LogP contribution < -0.4 is 4.90 Å². The van der Waals surface area contributed by atoms with Crippen LogP contribution in [0, 0.1) is 18.3 Å². The van der Waals surface area contributed by atoms with E-state index in [2.05, 4.69) is 11.0 Å². The van der Waals surface area contributed by atoms with Gasteiger partial charge in [-0.3, -0.25) is 0 Å². The predicted molar refractivity (Wildman–Crippen MR) is 98.3 cm³/mol. The first-order valence-corrected chi connectivity index (χ1v) is 9.75. The number of anilines is 1. The Hall–Kier alpha value is -2.07. The number of nitrogens with zero attached hydrogens (tertiary/aromatic N) is 3. The summed E-state index contributed by atoms with van der Waals surface area (Å²) < 4.78 is 27.1. The van der Waals surface area contributed by atoms with Crippen molar-refractivity contribution in [3.8, 4) is 6.07 Å². The van der Waals surface area contributed by atoms with Gasteiger partial charge in [-0.1, -0.05) is 17.7 Å². The van der Waals surface area contributed by atoms with Crippen LogP contribution in [0.25, 0.3) is 0 Å². The number of nitriles is 1. The van der Waals surface area contributed by atoms with E-state index < -0.39 is 10.0 Å². The molecule has 0 saturated carbocycles. The molecule has 130 valence electrons. The molecule has 7 heteroatoms. The zero-order valence-electron chi connectivity index (χ0n) is 13.8. The molecule has 2 aromatic rings. The van der Waals surface area contributed by atoms with Gasteiger partial charge in [-0.2, -0.15) is 9.57 Å². The maximum atomic E-state index is 12.8. The fourth-order valence-corrected chi connectivity index (χ4v) is 4.51. The first kappa shape index (κ1) is 17.7. The molecule has 25 heavy (non-hydrogen) atoms. The van der Waals surface area contributed by atoms with Gasteiger partial charge in [-0.25, -0.2) is 8.42 Å². The second kappa shape index (κ2) is 7.04. The van der Waals surface area contributed by atoms with Gasteiger partial charge in [0, 0.05) is 36.9 Å². The molecule has 0 amide bonds. The summed E-state index contributed by atoms with van der Waals surface area (Å²) in [5, 5.41) is 9.57. The lowest BCUT2D eigenvalue weighted by molar-refractivity contribution is 0.385. The van der Waals surface area contributed by atoms with Crippen LogP contribution in [0.1, 0.15) is 11.1 Å². The van der Waals surface area contributed by atoms with E-state index in [9.17, 15) is 8.42 Å². The van der Waals surface area contributed by atoms with Crippen molar-refractivity contribution < 1.29 is 8.42 Å². The van der Waals surface area contributed by atoms with Crippen LogP contribution >= 0.6 is 11.6 Å². The van der Waals surface area contributed by atoms with Crippen molar-refractivity contribution in [2.24, 2.45) is 0 Å². The smallest absolute Gasteiger partial charge is 0.243 e. The molecule has 2 aromatic carbocycles. The van der Waals surface area contributed by atoms with E-state index in [1.165, 1.54) is 4.31 Å². The van der Waals surface area contributed by atoms with Crippen molar-refractivity contribution >= 4 is 27.3 Å². The normalized spacial score (nSPS) is 15.8. The van der Waals surface area contributed by atoms with Crippen LogP contribution in [-0.4, -0.2) is 38.9 Å². The van der Waals surface area contributed by atoms with E-state index in [1.54, 1.807) is 31.2 Å². The molecule has 0 atom stereocenters. The molecule has 0 aromatic heterocycles. The molecule has 1 aliphatic rings. The van der Waals surface area contributed by atoms with E-state index in [4.69, 9.17) is 16.9 Å². The second-order valence-corrected chi connectivity index (χ2v) is 8.31. The van der Waals surface area contributed by atoms with Crippen molar-refractivity contribution in [2.45, 2.75) is 11.8 Å². The Labute approximate surface area is 153 Å². The molecule has 0 spiro atoms. The van der Waals surface area contributed by atoms with Crippen LogP contribution in [-0.2, 0) is 10.0 Å². The molecular weight excluding hydrogens is 358 g/mol. The Morgan fingerprint density at radius 1 is 1.08 bits per heavy atom. The number of piperazine rings is 1. The first-order chi connectivity index (χ1) is 11.9. The Kier molecular flexibility index (Phi) is 5.00. The lowest BCUT2D eigenvalue weighted by Gasteiger charge is -2.35. The highest BCUT2D eigenvalue weighted by Crippen LogP contribution is 2.24. The molecule has 3 rings (SSSR count). The number of hydrogen-bond donors (Lipinski definition) is 0. The topological polar surface area (TPSA) is 64.4 Å². The standard InChI is InChI=1S/C18H18ClN3O2S/c1-14-11-17(5-6-18(14)19)25(23,24)22-9-7-21(8-10-22)16-4-2-3-15(12-16)13-20/h2-6,11-12H,7-10H2,1H3. The quantitative estimate of drug-likeness (QED) is 0.827. The summed E-state index contributed by atoms with van der Waals surface area (Å²) in [6, 6.07) is 14.3. The molecule has 5 nitrogen and oxygen atoms in total. The summed E-state index contributed by atoms with van der Waals surface area (Å²) >= 11 is 5.99. The first-order valence-electron chi connectivity index (χ1n) is 7.93. The molecule has 0 bridgehead atoms. The van der Waals surface area contributed by atoms with E-state index in [0.717, 1.165) is 11.3 Å². The minimum Gasteiger partial charge on any atom is -0.369 e. The van der Waals surface area contributed by atoms with Gasteiger partial charge >= 0.3 is 0 Å². The molecule has 1 fully saturated rings. The van der Waals surface area contributed by atoms with Crippen LogP contribution in [0.4, 0.5) is 5.69 Å². The number of sulfonamides is 1. The lowest BCUT2D eigenvalue weighted by Crippen LogP contribution is -2.48. The average Bonchev–Trinajstić information content (AvgIpc) is 2.64. The van der Waals surface area contributed by atoms with Crippen molar-refractivity contribution in [1.29, 1.82) is 5.26 Å². The summed E-state index contributed by atoms with van der Waals surface area (Å²) in [6.07, 6.45) is 0. The largest absolute Gasteiger partial charge is 0.369 e. The Morgan fingerprint density at radius 2 is 1.80 bits per heavy atom. The SMILES string of the molecule is Cc1cc(S(=O)(=O)N2CCN(c3cccc(C#N)c3)CC2)ccc1Cl. The number of rotatable bonds is 3. The number of halogens is 1. The summed E-state index contributed by atoms with van der Waals surface area (Å²) in [5.74, 6) is 0. The molecule has 0 radical (unpaired) electrons. The summed E-state index contributed by atoms with van der Waals surface area (Å²) in [4.78, 5) is 2.37. The second-order valence-electron chi connectivity index (χ2n) is 5.96. The van der Waals surface area contributed by atoms with Crippen molar-refractivity contribution in [3.05, 3.63) is 58.6 Å². The maximum absolute atomic E-state index is 12.8. The van der Waals surface area contributed by atoms with Gasteiger partial charge < -0.3 is 4.90 Å². The van der Waals surface area contributed by atoms with Crippen molar-refractivity contribution in [3.63, 3.8) is 0 Å². The zero-order valence-corrected chi connectivity index (χ0v) is 15.4. The third-order valence-electron chi connectivity index (χ3n) is 4.35. The van der Waals surface area contributed by atoms with Gasteiger partial charge in [-0.05, 0) is 48.9 Å². The van der Waals surface area contributed by atoms with Crippen molar-refractivity contribution in [2.75, 3.05) is 31.1 Å².